The van der Waals surface area contributed by atoms with Gasteiger partial charge in [-0.15, -0.1) is 0 Å². The highest BCUT2D eigenvalue weighted by Gasteiger charge is 2.19. The minimum absolute atomic E-state index is 0.0370. The molecule has 0 radical (unpaired) electrons. The largest absolute Gasteiger partial charge is 0.348 e. The van der Waals surface area contributed by atoms with E-state index in [2.05, 4.69) is 41.8 Å². The van der Waals surface area contributed by atoms with Crippen LogP contribution in [0.2, 0.25) is 0 Å². The van der Waals surface area contributed by atoms with Crippen LogP contribution in [0, 0.1) is 6.92 Å². The molecular formula is C32H34N2O2. The Kier molecular flexibility index (Phi) is 8.17. The van der Waals surface area contributed by atoms with Crippen molar-refractivity contribution in [2.24, 2.45) is 0 Å². The van der Waals surface area contributed by atoms with Gasteiger partial charge in [-0.3, -0.25) is 9.59 Å². The first kappa shape index (κ1) is 25.2. The molecule has 4 heteroatoms. The smallest absolute Gasteiger partial charge is 0.251 e. The van der Waals surface area contributed by atoms with E-state index in [9.17, 15) is 9.59 Å². The SMILES string of the molecule is CCCCc1ccc(CNC(=O)c2cccc(C)c2)cc1NC(=O)C(C)c1cccc2ccccc12. The zero-order valence-corrected chi connectivity index (χ0v) is 21.3. The van der Waals surface area contributed by atoms with E-state index in [-0.39, 0.29) is 17.7 Å². The van der Waals surface area contributed by atoms with Crippen LogP contribution in [0.25, 0.3) is 10.8 Å². The Morgan fingerprint density at radius 3 is 2.47 bits per heavy atom. The molecule has 0 bridgehead atoms. The summed E-state index contributed by atoms with van der Waals surface area (Å²) in [5.41, 5.74) is 5.60. The number of benzene rings is 4. The fourth-order valence-corrected chi connectivity index (χ4v) is 4.52. The van der Waals surface area contributed by atoms with Crippen molar-refractivity contribution in [2.45, 2.75) is 52.5 Å². The summed E-state index contributed by atoms with van der Waals surface area (Å²) in [4.78, 5) is 26.0. The van der Waals surface area contributed by atoms with E-state index in [1.807, 2.05) is 74.5 Å². The first-order valence-electron chi connectivity index (χ1n) is 12.7. The Bertz CT molecular complexity index is 1370. The molecule has 36 heavy (non-hydrogen) atoms. The van der Waals surface area contributed by atoms with Crippen LogP contribution in [0.15, 0.2) is 84.9 Å². The van der Waals surface area contributed by atoms with Crippen molar-refractivity contribution in [1.29, 1.82) is 0 Å². The summed E-state index contributed by atoms with van der Waals surface area (Å²) in [5.74, 6) is -0.450. The van der Waals surface area contributed by atoms with Gasteiger partial charge in [0.05, 0.1) is 5.92 Å². The van der Waals surface area contributed by atoms with E-state index in [0.717, 1.165) is 58.0 Å². The van der Waals surface area contributed by atoms with E-state index in [4.69, 9.17) is 0 Å². The Morgan fingerprint density at radius 2 is 1.67 bits per heavy atom. The average molecular weight is 479 g/mol. The number of hydrogen-bond acceptors (Lipinski definition) is 2. The topological polar surface area (TPSA) is 58.2 Å². The molecule has 4 nitrogen and oxygen atoms in total. The fourth-order valence-electron chi connectivity index (χ4n) is 4.52. The van der Waals surface area contributed by atoms with Gasteiger partial charge in [-0.25, -0.2) is 0 Å². The average Bonchev–Trinajstić information content (AvgIpc) is 2.90. The minimum Gasteiger partial charge on any atom is -0.348 e. The van der Waals surface area contributed by atoms with Crippen LogP contribution >= 0.6 is 0 Å². The maximum Gasteiger partial charge on any atom is 0.251 e. The number of unbranched alkanes of at least 4 members (excludes halogenated alkanes) is 1. The van der Waals surface area contributed by atoms with Crippen molar-refractivity contribution < 1.29 is 9.59 Å². The number of aryl methyl sites for hydroxylation is 2. The van der Waals surface area contributed by atoms with Crippen molar-refractivity contribution in [1.82, 2.24) is 5.32 Å². The molecule has 2 N–H and O–H groups in total. The zero-order valence-electron chi connectivity index (χ0n) is 21.3. The number of hydrogen-bond donors (Lipinski definition) is 2. The van der Waals surface area contributed by atoms with Crippen LogP contribution in [-0.4, -0.2) is 11.8 Å². The Labute approximate surface area is 213 Å². The van der Waals surface area contributed by atoms with Crippen molar-refractivity contribution in [3.8, 4) is 0 Å². The first-order valence-corrected chi connectivity index (χ1v) is 12.7. The van der Waals surface area contributed by atoms with Gasteiger partial charge in [-0.2, -0.15) is 0 Å². The summed E-state index contributed by atoms with van der Waals surface area (Å²) in [6.45, 7) is 6.48. The maximum absolute atomic E-state index is 13.4. The molecule has 4 rings (SSSR count). The van der Waals surface area contributed by atoms with Gasteiger partial charge in [0.15, 0.2) is 0 Å². The first-order chi connectivity index (χ1) is 17.5. The third-order valence-electron chi connectivity index (χ3n) is 6.65. The molecule has 0 fully saturated rings. The number of carbonyl (C=O) groups excluding carboxylic acids is 2. The Hall–Kier alpha value is -3.92. The molecule has 0 spiro atoms. The number of nitrogens with one attached hydrogen (secondary N) is 2. The van der Waals surface area contributed by atoms with Crippen LogP contribution in [0.1, 0.15) is 65.2 Å². The highest BCUT2D eigenvalue weighted by molar-refractivity contribution is 6.00. The minimum atomic E-state index is -0.306. The summed E-state index contributed by atoms with van der Waals surface area (Å²) < 4.78 is 0. The molecule has 1 atom stereocenters. The van der Waals surface area contributed by atoms with Crippen molar-refractivity contribution in [3.63, 3.8) is 0 Å². The maximum atomic E-state index is 13.4. The molecule has 1 unspecified atom stereocenters. The molecule has 0 saturated carbocycles. The lowest BCUT2D eigenvalue weighted by Gasteiger charge is -2.18. The molecule has 0 saturated heterocycles. The van der Waals surface area contributed by atoms with Gasteiger partial charge >= 0.3 is 0 Å². The van der Waals surface area contributed by atoms with Gasteiger partial charge in [0.1, 0.15) is 0 Å². The number of fused-ring (bicyclic) bond motifs is 1. The van der Waals surface area contributed by atoms with Crippen LogP contribution in [0.4, 0.5) is 5.69 Å². The van der Waals surface area contributed by atoms with Crippen LogP contribution < -0.4 is 10.6 Å². The molecule has 2 amide bonds. The Morgan fingerprint density at radius 1 is 0.889 bits per heavy atom. The van der Waals surface area contributed by atoms with Gasteiger partial charge < -0.3 is 10.6 Å². The summed E-state index contributed by atoms with van der Waals surface area (Å²) in [6, 6.07) is 27.9. The highest BCUT2D eigenvalue weighted by atomic mass is 16.2. The zero-order chi connectivity index (χ0) is 25.5. The molecule has 0 aromatic heterocycles. The van der Waals surface area contributed by atoms with E-state index in [0.29, 0.717) is 12.1 Å². The molecule has 0 aliphatic carbocycles. The number of rotatable bonds is 9. The van der Waals surface area contributed by atoms with Crippen LogP contribution in [0.3, 0.4) is 0 Å². The quantitative estimate of drug-likeness (QED) is 0.268. The van der Waals surface area contributed by atoms with Crippen LogP contribution in [0.5, 0.6) is 0 Å². The van der Waals surface area contributed by atoms with E-state index >= 15 is 0 Å². The normalized spacial score (nSPS) is 11.8. The number of anilines is 1. The Balaban J connectivity index is 1.53. The predicted octanol–water partition coefficient (Wildman–Crippen LogP) is 7.16. The second kappa shape index (κ2) is 11.7. The van der Waals surface area contributed by atoms with Crippen molar-refractivity contribution in [2.75, 3.05) is 5.32 Å². The lowest BCUT2D eigenvalue weighted by Crippen LogP contribution is -2.23. The van der Waals surface area contributed by atoms with E-state index in [1.165, 1.54) is 0 Å². The molecular weight excluding hydrogens is 444 g/mol. The van der Waals surface area contributed by atoms with Gasteiger partial charge in [-0.1, -0.05) is 85.6 Å². The number of amides is 2. The van der Waals surface area contributed by atoms with E-state index < -0.39 is 0 Å². The van der Waals surface area contributed by atoms with Gasteiger partial charge in [0.2, 0.25) is 5.91 Å². The van der Waals surface area contributed by atoms with Crippen molar-refractivity contribution >= 4 is 28.3 Å². The van der Waals surface area contributed by atoms with E-state index in [1.54, 1.807) is 0 Å². The van der Waals surface area contributed by atoms with Gasteiger partial charge in [0, 0.05) is 17.8 Å². The van der Waals surface area contributed by atoms with Gasteiger partial charge in [-0.05, 0) is 72.4 Å². The molecule has 0 heterocycles. The summed E-state index contributed by atoms with van der Waals surface area (Å²) in [5, 5.41) is 8.43. The molecule has 4 aromatic rings. The monoisotopic (exact) mass is 478 g/mol. The van der Waals surface area contributed by atoms with Crippen LogP contribution in [-0.2, 0) is 17.8 Å². The second-order valence-electron chi connectivity index (χ2n) is 9.43. The third-order valence-corrected chi connectivity index (χ3v) is 6.65. The molecule has 0 aliphatic heterocycles. The second-order valence-corrected chi connectivity index (χ2v) is 9.43. The molecule has 0 aliphatic rings. The standard InChI is InChI=1S/C32H34N2O2/c1-4-5-11-26-18-17-24(21-33-32(36)27-14-8-10-22(2)19-27)20-30(26)34-31(35)23(3)28-16-9-13-25-12-6-7-15-29(25)28/h6-10,12-20,23H,4-5,11,21H2,1-3H3,(H,33,36)(H,34,35). The third kappa shape index (κ3) is 6.01. The number of carbonyl (C=O) groups is 2. The van der Waals surface area contributed by atoms with Crippen molar-refractivity contribution in [3.05, 3.63) is 113 Å². The lowest BCUT2D eigenvalue weighted by molar-refractivity contribution is -0.117. The fraction of sp³-hybridized carbons (Fsp3) is 0.250. The lowest BCUT2D eigenvalue weighted by atomic mass is 9.94. The molecule has 184 valence electrons. The highest BCUT2D eigenvalue weighted by Crippen LogP contribution is 2.28. The summed E-state index contributed by atoms with van der Waals surface area (Å²) in [6.07, 6.45) is 3.02. The summed E-state index contributed by atoms with van der Waals surface area (Å²) >= 11 is 0. The predicted molar refractivity (Wildman–Crippen MR) is 148 cm³/mol. The van der Waals surface area contributed by atoms with Gasteiger partial charge in [0.25, 0.3) is 5.91 Å². The molecule has 4 aromatic carbocycles. The summed E-state index contributed by atoms with van der Waals surface area (Å²) in [7, 11) is 0.